The van der Waals surface area contributed by atoms with Crippen LogP contribution in [0.5, 0.6) is 11.5 Å². The van der Waals surface area contributed by atoms with Gasteiger partial charge in [0, 0.05) is 43.4 Å². The van der Waals surface area contributed by atoms with Crippen molar-refractivity contribution in [2.75, 3.05) is 71.3 Å². The van der Waals surface area contributed by atoms with E-state index >= 15 is 0 Å². The molecule has 2 atom stereocenters. The number of fused-ring (bicyclic) bond motifs is 1. The Kier molecular flexibility index (Phi) is 16.9. The second-order valence-corrected chi connectivity index (χ2v) is 15.7. The van der Waals surface area contributed by atoms with Gasteiger partial charge in [-0.25, -0.2) is 0 Å². The number of aryl methyl sites for hydroxylation is 1. The molecule has 0 radical (unpaired) electrons. The van der Waals surface area contributed by atoms with E-state index in [-0.39, 0.29) is 58.7 Å². The number of hydrogen-bond acceptors (Lipinski definition) is 12. The van der Waals surface area contributed by atoms with Crippen LogP contribution in [0.1, 0.15) is 64.1 Å². The van der Waals surface area contributed by atoms with Crippen molar-refractivity contribution >= 4 is 40.7 Å². The van der Waals surface area contributed by atoms with Gasteiger partial charge in [0.25, 0.3) is 0 Å². The Morgan fingerprint density at radius 3 is 2.09 bits per heavy atom. The molecule has 2 amide bonds. The van der Waals surface area contributed by atoms with Gasteiger partial charge in [-0.15, -0.1) is 0 Å². The molecule has 3 N–H and O–H groups in total. The molecule has 1 saturated heterocycles. The average Bonchev–Trinajstić information content (AvgIpc) is 3.78. The highest BCUT2D eigenvalue weighted by molar-refractivity contribution is 6.31. The maximum atomic E-state index is 13.8. The van der Waals surface area contributed by atoms with E-state index in [1.807, 2.05) is 0 Å². The van der Waals surface area contributed by atoms with Gasteiger partial charge in [0.2, 0.25) is 11.8 Å². The number of aromatic nitrogens is 2. The van der Waals surface area contributed by atoms with Crippen molar-refractivity contribution in [2.45, 2.75) is 44.5 Å². The van der Waals surface area contributed by atoms with Crippen molar-refractivity contribution in [2.24, 2.45) is 18.9 Å². The van der Waals surface area contributed by atoms with Crippen LogP contribution >= 0.6 is 11.6 Å². The van der Waals surface area contributed by atoms with Crippen LogP contribution in [0.2, 0.25) is 5.02 Å². The van der Waals surface area contributed by atoms with E-state index < -0.39 is 69.6 Å². The van der Waals surface area contributed by atoms with Gasteiger partial charge in [0.05, 0.1) is 92.1 Å². The lowest BCUT2D eigenvalue weighted by Gasteiger charge is -2.24. The Morgan fingerprint density at radius 1 is 0.773 bits per heavy atom. The molecule has 4 aromatic rings. The highest BCUT2D eigenvalue weighted by Crippen LogP contribution is 2.47. The van der Waals surface area contributed by atoms with E-state index in [2.05, 4.69) is 15.7 Å². The molecule has 1 aliphatic heterocycles. The maximum absolute atomic E-state index is 13.8. The zero-order chi connectivity index (χ0) is 47.6. The summed E-state index contributed by atoms with van der Waals surface area (Å²) in [6.07, 6.45) is -7.57. The number of amides is 2. The topological polar surface area (TPSA) is 177 Å². The van der Waals surface area contributed by atoms with E-state index in [1.54, 1.807) is 18.2 Å². The van der Waals surface area contributed by atoms with E-state index in [0.29, 0.717) is 84.3 Å². The largest absolute Gasteiger partial charge is 0.506 e. The number of hydrogen-bond donors (Lipinski definition) is 3. The third kappa shape index (κ3) is 12.3. The highest BCUT2D eigenvalue weighted by Gasteiger charge is 2.48. The number of nitrogens with one attached hydrogen (secondary N) is 2. The number of carbonyl (C=O) groups excluding carboxylic acids is 4. The number of ether oxygens (including phenoxy) is 5. The number of ketones is 2. The fraction of sp³-hybridized carbons (Fsp3) is 0.444. The summed E-state index contributed by atoms with van der Waals surface area (Å²) in [6, 6.07) is 11.3. The quantitative estimate of drug-likeness (QED) is 0.0284. The molecule has 0 bridgehead atoms. The minimum absolute atomic E-state index is 0.0129. The second kappa shape index (κ2) is 22.3. The van der Waals surface area contributed by atoms with Gasteiger partial charge in [0.15, 0.2) is 17.3 Å². The minimum Gasteiger partial charge on any atom is -0.506 e. The highest BCUT2D eigenvalue weighted by atomic mass is 35.5. The van der Waals surface area contributed by atoms with Crippen LogP contribution < -0.4 is 15.4 Å². The first-order chi connectivity index (χ1) is 31.5. The van der Waals surface area contributed by atoms with Gasteiger partial charge in [0.1, 0.15) is 11.5 Å². The predicted molar refractivity (Wildman–Crippen MR) is 226 cm³/mol. The van der Waals surface area contributed by atoms with Crippen molar-refractivity contribution in [3.63, 3.8) is 0 Å². The van der Waals surface area contributed by atoms with Crippen molar-refractivity contribution in [3.05, 3.63) is 82.0 Å². The minimum atomic E-state index is -4.83. The second-order valence-electron chi connectivity index (χ2n) is 15.3. The number of anilines is 1. The molecule has 1 aliphatic carbocycles. The number of rotatable bonds is 23. The lowest BCUT2D eigenvalue weighted by molar-refractivity contribution is -0.141. The number of alkyl halides is 6. The fourth-order valence-corrected chi connectivity index (χ4v) is 7.85. The van der Waals surface area contributed by atoms with Crippen LogP contribution in [0.15, 0.2) is 54.6 Å². The summed E-state index contributed by atoms with van der Waals surface area (Å²) < 4.78 is 111. The van der Waals surface area contributed by atoms with E-state index in [1.165, 1.54) is 25.2 Å². The van der Waals surface area contributed by atoms with Crippen LogP contribution in [0.25, 0.3) is 22.4 Å². The molecule has 14 nitrogen and oxygen atoms in total. The Morgan fingerprint density at radius 2 is 1.44 bits per heavy atom. The van der Waals surface area contributed by atoms with Crippen LogP contribution in [0.4, 0.5) is 32.0 Å². The normalized spacial score (nSPS) is 16.5. The van der Waals surface area contributed by atoms with Crippen molar-refractivity contribution in [1.82, 2.24) is 15.1 Å². The number of phenols is 1. The number of aromatic hydroxyl groups is 1. The third-order valence-electron chi connectivity index (χ3n) is 10.8. The smallest absolute Gasteiger partial charge is 0.435 e. The number of nitrogens with zero attached hydrogens (tertiary/aromatic N) is 2. The molecule has 2 aliphatic rings. The molecule has 1 aromatic heterocycles. The summed E-state index contributed by atoms with van der Waals surface area (Å²) in [6.45, 7) is 3.12. The predicted octanol–water partition coefficient (Wildman–Crippen LogP) is 7.93. The molecular formula is C45H47ClF6N4O10. The fourth-order valence-electron chi connectivity index (χ4n) is 7.63. The zero-order valence-electron chi connectivity index (χ0n) is 35.6. The lowest BCUT2D eigenvalue weighted by Crippen LogP contribution is -2.46. The number of Topliss-reactive ketones (excluding diaryl/α,β-unsaturated/α-hetero) is 2. The summed E-state index contributed by atoms with van der Waals surface area (Å²) in [5.41, 5.74) is -1.91. The Bertz CT molecular complexity index is 2390. The molecule has 66 heavy (non-hydrogen) atoms. The lowest BCUT2D eigenvalue weighted by atomic mass is 9.82. The van der Waals surface area contributed by atoms with Gasteiger partial charge < -0.3 is 34.1 Å². The Hall–Kier alpha value is -5.54. The molecule has 21 heteroatoms. The van der Waals surface area contributed by atoms with E-state index in [4.69, 9.17) is 35.3 Å². The first-order valence-electron chi connectivity index (χ1n) is 21.0. The number of carbonyl (C=O) groups is 4. The summed E-state index contributed by atoms with van der Waals surface area (Å²) in [5, 5.41) is 19.6. The van der Waals surface area contributed by atoms with E-state index in [9.17, 15) is 50.6 Å². The average molecular weight is 953 g/mol. The molecule has 3 aromatic carbocycles. The number of halogens is 7. The van der Waals surface area contributed by atoms with Crippen molar-refractivity contribution in [3.8, 4) is 33.9 Å². The maximum Gasteiger partial charge on any atom is 0.435 e. The molecule has 1 fully saturated rings. The number of imide groups is 1. The van der Waals surface area contributed by atoms with Gasteiger partial charge >= 0.3 is 12.4 Å². The third-order valence-corrected chi connectivity index (χ3v) is 11.2. The van der Waals surface area contributed by atoms with Crippen LogP contribution in [-0.2, 0) is 47.9 Å². The summed E-state index contributed by atoms with van der Waals surface area (Å²) in [5.74, 6) is -4.51. The molecule has 2 unspecified atom stereocenters. The summed E-state index contributed by atoms with van der Waals surface area (Å²) in [4.78, 5) is 50.3. The van der Waals surface area contributed by atoms with E-state index in [0.717, 1.165) is 22.9 Å². The standard InChI is InChI=1S/C45H47ClF6N4O10/c1-56-33(25-35(55-56)45(50,51)52)27-9-12-34(37(40(27)58)26-8-11-31(46)30(24-26)44(47,48)49)66-16-4-2-3-15-62-18-20-64-22-23-65-21-19-63-17-14-53-32-7-5-6-28-38(32)42(60)39(41(28)59)29-10-13-36(57)54-43(29)61/h5-9,11-12,24-25,29,39,53,58H,2-4,10,13-23H2,1H3,(H,54,57,61). The first kappa shape index (κ1) is 49.9. The summed E-state index contributed by atoms with van der Waals surface area (Å²) in [7, 11) is 1.25. The monoisotopic (exact) mass is 952 g/mol. The Balaban J connectivity index is 0.834. The van der Waals surface area contributed by atoms with Crippen LogP contribution in [-0.4, -0.2) is 104 Å². The summed E-state index contributed by atoms with van der Waals surface area (Å²) >= 11 is 5.83. The van der Waals surface area contributed by atoms with Gasteiger partial charge in [-0.2, -0.15) is 31.4 Å². The van der Waals surface area contributed by atoms with Gasteiger partial charge in [-0.1, -0.05) is 29.8 Å². The number of piperidine rings is 1. The molecule has 356 valence electrons. The van der Waals surface area contributed by atoms with Gasteiger partial charge in [-0.3, -0.25) is 29.2 Å². The van der Waals surface area contributed by atoms with Crippen LogP contribution in [0, 0.1) is 11.8 Å². The zero-order valence-corrected chi connectivity index (χ0v) is 36.4. The molecule has 0 saturated carbocycles. The Labute approximate surface area is 379 Å². The van der Waals surface area contributed by atoms with Crippen LogP contribution in [0.3, 0.4) is 0 Å². The molecular weight excluding hydrogens is 906 g/mol. The molecule has 0 spiro atoms. The number of benzene rings is 3. The number of unbranched alkanes of at least 4 members (excludes halogenated alkanes) is 2. The van der Waals surface area contributed by atoms with Crippen molar-refractivity contribution in [1.29, 1.82) is 0 Å². The molecule has 6 rings (SSSR count). The number of phenolic OH excluding ortho intramolecular Hbond substituents is 1. The van der Waals surface area contributed by atoms with Gasteiger partial charge in [-0.05, 0) is 67.6 Å². The SMILES string of the molecule is Cn1nc(C(F)(F)F)cc1-c1ccc(OCCCCCOCCOCCOCCOCCNc2cccc3c2C(=O)C(C2CCC(=O)NC2=O)C3=O)c(-c2ccc(Cl)c(C(F)(F)F)c2)c1O. The molecule has 2 heterocycles. The first-order valence-corrected chi connectivity index (χ1v) is 21.4. The van der Waals surface area contributed by atoms with Crippen molar-refractivity contribution < 1.29 is 74.3 Å².